The number of nitrogens with zero attached hydrogens (tertiary/aromatic N) is 2. The van der Waals surface area contributed by atoms with Crippen molar-refractivity contribution in [1.29, 1.82) is 0 Å². The van der Waals surface area contributed by atoms with Crippen molar-refractivity contribution in [2.45, 2.75) is 0 Å². The molecule has 0 radical (unpaired) electrons. The molecule has 0 saturated heterocycles. The average molecular weight is 463 g/mol. The Balaban J connectivity index is 1.97. The smallest absolute Gasteiger partial charge is 0.203 e. The minimum absolute atomic E-state index is 0.0262. The van der Waals surface area contributed by atoms with Crippen molar-refractivity contribution in [2.75, 3.05) is 35.5 Å². The highest BCUT2D eigenvalue weighted by Gasteiger charge is 2.21. The Bertz CT molecular complexity index is 1270. The average Bonchev–Trinajstić information content (AvgIpc) is 3.32. The van der Waals surface area contributed by atoms with E-state index in [9.17, 15) is 5.11 Å². The van der Waals surface area contributed by atoms with Crippen LogP contribution in [0, 0.1) is 0 Å². The first-order valence-corrected chi connectivity index (χ1v) is 10.4. The number of hydrogen-bond acceptors (Lipinski definition) is 7. The molecule has 4 rings (SSSR count). The lowest BCUT2D eigenvalue weighted by Gasteiger charge is -2.15. The summed E-state index contributed by atoms with van der Waals surface area (Å²) in [6.07, 6.45) is 1.73. The summed E-state index contributed by atoms with van der Waals surface area (Å²) in [4.78, 5) is 4.73. The molecule has 0 unspecified atom stereocenters. The van der Waals surface area contributed by atoms with Gasteiger partial charge >= 0.3 is 0 Å². The van der Waals surface area contributed by atoms with Crippen LogP contribution in [0.3, 0.4) is 0 Å². The number of imidazole rings is 1. The highest BCUT2D eigenvalue weighted by molar-refractivity contribution is 5.83. The van der Waals surface area contributed by atoms with Crippen molar-refractivity contribution >= 4 is 0 Å². The van der Waals surface area contributed by atoms with E-state index in [-0.39, 0.29) is 5.75 Å². The second-order valence-electron chi connectivity index (χ2n) is 7.31. The molecule has 0 amide bonds. The molecule has 0 atom stereocenters. The first-order chi connectivity index (χ1) is 16.5. The van der Waals surface area contributed by atoms with Gasteiger partial charge in [0.15, 0.2) is 23.0 Å². The number of methoxy groups -OCH3 is 5. The second-order valence-corrected chi connectivity index (χ2v) is 7.31. The Morgan fingerprint density at radius 1 is 0.676 bits per heavy atom. The van der Waals surface area contributed by atoms with Crippen molar-refractivity contribution in [3.05, 3.63) is 60.9 Å². The molecule has 4 aromatic rings. The van der Waals surface area contributed by atoms with Crippen LogP contribution in [-0.4, -0.2) is 50.2 Å². The van der Waals surface area contributed by atoms with E-state index in [1.165, 1.54) is 7.11 Å². The van der Waals surface area contributed by atoms with Gasteiger partial charge in [-0.2, -0.15) is 0 Å². The minimum Gasteiger partial charge on any atom is -0.504 e. The van der Waals surface area contributed by atoms with Crippen LogP contribution in [0.2, 0.25) is 0 Å². The highest BCUT2D eigenvalue weighted by atomic mass is 16.5. The summed E-state index contributed by atoms with van der Waals surface area (Å²) in [5.74, 6) is 2.68. The third-order valence-electron chi connectivity index (χ3n) is 5.51. The summed E-state index contributed by atoms with van der Waals surface area (Å²) < 4.78 is 29.0. The third-order valence-corrected chi connectivity index (χ3v) is 5.51. The number of aromatic hydroxyl groups is 1. The molecule has 1 aromatic heterocycles. The number of rotatable bonds is 8. The largest absolute Gasteiger partial charge is 0.504 e. The molecule has 1 heterocycles. The molecule has 0 saturated carbocycles. The van der Waals surface area contributed by atoms with E-state index >= 15 is 0 Å². The van der Waals surface area contributed by atoms with Gasteiger partial charge in [-0.15, -0.1) is 0 Å². The fourth-order valence-electron chi connectivity index (χ4n) is 3.83. The van der Waals surface area contributed by atoms with Crippen LogP contribution in [-0.2, 0) is 0 Å². The Hall–Kier alpha value is -4.33. The number of phenolic OH excluding ortho intramolecular Hbond substituents is 1. The van der Waals surface area contributed by atoms with E-state index in [0.29, 0.717) is 28.7 Å². The van der Waals surface area contributed by atoms with Gasteiger partial charge in [0.2, 0.25) is 5.75 Å². The first-order valence-electron chi connectivity index (χ1n) is 10.4. The predicted octanol–water partition coefficient (Wildman–Crippen LogP) is 4.95. The molecule has 3 aromatic carbocycles. The van der Waals surface area contributed by atoms with E-state index in [1.54, 1.807) is 46.9 Å². The number of benzene rings is 3. The van der Waals surface area contributed by atoms with Crippen molar-refractivity contribution in [3.8, 4) is 62.7 Å². The summed E-state index contributed by atoms with van der Waals surface area (Å²) in [5, 5.41) is 10.5. The molecule has 1 N–H and O–H groups in total. The molecule has 0 aliphatic carbocycles. The van der Waals surface area contributed by atoms with Crippen LogP contribution in [0.25, 0.3) is 28.2 Å². The van der Waals surface area contributed by atoms with E-state index in [1.807, 2.05) is 47.0 Å². The topological polar surface area (TPSA) is 84.2 Å². The van der Waals surface area contributed by atoms with Gasteiger partial charge in [0.05, 0.1) is 46.9 Å². The lowest BCUT2D eigenvalue weighted by molar-refractivity contribution is 0.324. The van der Waals surface area contributed by atoms with Gasteiger partial charge in [0, 0.05) is 16.8 Å². The van der Waals surface area contributed by atoms with Crippen LogP contribution < -0.4 is 23.7 Å². The number of aromatic nitrogens is 2. The molecule has 0 aliphatic heterocycles. The standard InChI is InChI=1S/C26H26N2O6/c1-30-19-9-7-18(8-10-19)28-15-27-24(25(28)16-6-11-21(31-2)20(29)12-16)17-13-22(32-3)26(34-5)23(14-17)33-4/h6-15,29H,1-5H3. The Morgan fingerprint density at radius 2 is 1.32 bits per heavy atom. The number of hydrogen-bond donors (Lipinski definition) is 1. The summed E-state index contributed by atoms with van der Waals surface area (Å²) in [6.45, 7) is 0. The molecule has 0 spiro atoms. The van der Waals surface area contributed by atoms with Gasteiger partial charge in [0.1, 0.15) is 12.1 Å². The number of phenols is 1. The minimum atomic E-state index is 0.0262. The van der Waals surface area contributed by atoms with E-state index in [0.717, 1.165) is 28.3 Å². The Morgan fingerprint density at radius 3 is 1.85 bits per heavy atom. The van der Waals surface area contributed by atoms with Crippen LogP contribution in [0.1, 0.15) is 0 Å². The summed E-state index contributed by atoms with van der Waals surface area (Å²) >= 11 is 0. The molecule has 176 valence electrons. The van der Waals surface area contributed by atoms with Crippen molar-refractivity contribution in [3.63, 3.8) is 0 Å². The first kappa shape index (κ1) is 22.8. The monoisotopic (exact) mass is 462 g/mol. The zero-order valence-electron chi connectivity index (χ0n) is 19.7. The molecule has 0 fully saturated rings. The van der Waals surface area contributed by atoms with Crippen molar-refractivity contribution < 1.29 is 28.8 Å². The van der Waals surface area contributed by atoms with E-state index in [4.69, 9.17) is 28.7 Å². The van der Waals surface area contributed by atoms with Gasteiger partial charge in [0.25, 0.3) is 0 Å². The van der Waals surface area contributed by atoms with Crippen molar-refractivity contribution in [1.82, 2.24) is 9.55 Å². The van der Waals surface area contributed by atoms with E-state index in [2.05, 4.69) is 0 Å². The zero-order chi connectivity index (χ0) is 24.2. The van der Waals surface area contributed by atoms with Gasteiger partial charge in [-0.1, -0.05) is 0 Å². The molecule has 0 aliphatic rings. The lowest BCUT2D eigenvalue weighted by Crippen LogP contribution is -1.98. The molecular formula is C26H26N2O6. The maximum absolute atomic E-state index is 10.5. The maximum Gasteiger partial charge on any atom is 0.203 e. The Kier molecular flexibility index (Phi) is 6.49. The number of ether oxygens (including phenoxy) is 5. The van der Waals surface area contributed by atoms with Crippen LogP contribution >= 0.6 is 0 Å². The van der Waals surface area contributed by atoms with Gasteiger partial charge < -0.3 is 28.8 Å². The van der Waals surface area contributed by atoms with Gasteiger partial charge in [-0.25, -0.2) is 4.98 Å². The van der Waals surface area contributed by atoms with Crippen molar-refractivity contribution in [2.24, 2.45) is 0 Å². The quantitative estimate of drug-likeness (QED) is 0.396. The maximum atomic E-state index is 10.5. The summed E-state index contributed by atoms with van der Waals surface area (Å²) in [5.41, 5.74) is 3.80. The predicted molar refractivity (Wildman–Crippen MR) is 129 cm³/mol. The molecule has 8 heteroatoms. The third kappa shape index (κ3) is 4.05. The zero-order valence-corrected chi connectivity index (χ0v) is 19.7. The summed E-state index contributed by atoms with van der Waals surface area (Å²) in [7, 11) is 7.83. The summed E-state index contributed by atoms with van der Waals surface area (Å²) in [6, 6.07) is 16.6. The SMILES string of the molecule is COc1ccc(-n2cnc(-c3cc(OC)c(OC)c(OC)c3)c2-c2ccc(OC)c(O)c2)cc1. The molecule has 0 bridgehead atoms. The Labute approximate surface area is 197 Å². The lowest BCUT2D eigenvalue weighted by atomic mass is 10.0. The fraction of sp³-hybridized carbons (Fsp3) is 0.192. The fourth-order valence-corrected chi connectivity index (χ4v) is 3.83. The molecule has 34 heavy (non-hydrogen) atoms. The highest BCUT2D eigenvalue weighted by Crippen LogP contribution is 2.44. The van der Waals surface area contributed by atoms with Crippen LogP contribution in [0.4, 0.5) is 0 Å². The molecular weight excluding hydrogens is 436 g/mol. The van der Waals surface area contributed by atoms with E-state index < -0.39 is 0 Å². The van der Waals surface area contributed by atoms with Crippen LogP contribution in [0.15, 0.2) is 60.9 Å². The van der Waals surface area contributed by atoms with Gasteiger partial charge in [-0.3, -0.25) is 4.57 Å². The second kappa shape index (κ2) is 9.66. The normalized spacial score (nSPS) is 10.6. The molecule has 8 nitrogen and oxygen atoms in total. The van der Waals surface area contributed by atoms with Crippen LogP contribution in [0.5, 0.6) is 34.5 Å². The van der Waals surface area contributed by atoms with Gasteiger partial charge in [-0.05, 0) is 54.6 Å².